The summed E-state index contributed by atoms with van der Waals surface area (Å²) in [5.74, 6) is 1.71. The third-order valence-electron chi connectivity index (χ3n) is 11.9. The topological polar surface area (TPSA) is 116 Å². The van der Waals surface area contributed by atoms with Gasteiger partial charge in [-0.15, -0.1) is 0 Å². The van der Waals surface area contributed by atoms with Gasteiger partial charge in [0.05, 0.1) is 24.7 Å². The SMILES string of the molecule is CC[C@@H](C(C)C)[C@H](O)[C@@H](O)[C@@H](C)[C@H]1CC[C@H]2[C@@H]3COC(=O)[C@H]4CC(N=[N+]=[N-])CC[C@]4(C)[C@H]3CC[C@]12C. The van der Waals surface area contributed by atoms with Gasteiger partial charge in [0.25, 0.3) is 0 Å². The van der Waals surface area contributed by atoms with E-state index < -0.39 is 12.2 Å². The number of cyclic esters (lactones) is 1. The zero-order chi connectivity index (χ0) is 26.4. The molecule has 0 aromatic carbocycles. The minimum absolute atomic E-state index is 0.0234. The van der Waals surface area contributed by atoms with Crippen LogP contribution in [0.15, 0.2) is 5.11 Å². The Kier molecular flexibility index (Phi) is 8.05. The molecule has 2 N–H and O–H groups in total. The number of carbonyl (C=O) groups excluding carboxylic acids is 1. The van der Waals surface area contributed by atoms with Crippen LogP contribution in [0.4, 0.5) is 0 Å². The summed E-state index contributed by atoms with van der Waals surface area (Å²) in [6.45, 7) is 13.7. The quantitative estimate of drug-likeness (QED) is 0.188. The van der Waals surface area contributed by atoms with E-state index in [0.717, 1.165) is 44.9 Å². The van der Waals surface area contributed by atoms with Gasteiger partial charge in [-0.3, -0.25) is 4.79 Å². The summed E-state index contributed by atoms with van der Waals surface area (Å²) in [5, 5.41) is 26.4. The third-order valence-corrected chi connectivity index (χ3v) is 11.9. The number of carbonyl (C=O) groups is 1. The van der Waals surface area contributed by atoms with Crippen molar-refractivity contribution in [2.24, 2.45) is 63.3 Å². The molecule has 0 radical (unpaired) electrons. The molecule has 0 aromatic heterocycles. The molecule has 0 aromatic rings. The molecule has 1 unspecified atom stereocenters. The molecule has 1 aliphatic heterocycles. The van der Waals surface area contributed by atoms with Crippen LogP contribution in [0.25, 0.3) is 10.4 Å². The maximum absolute atomic E-state index is 13.2. The number of ether oxygens (including phenoxy) is 1. The Morgan fingerprint density at radius 3 is 2.36 bits per heavy atom. The van der Waals surface area contributed by atoms with Gasteiger partial charge in [-0.05, 0) is 103 Å². The Morgan fingerprint density at radius 1 is 1.06 bits per heavy atom. The third kappa shape index (κ3) is 4.47. The summed E-state index contributed by atoms with van der Waals surface area (Å²) in [6, 6.07) is -0.117. The highest BCUT2D eigenvalue weighted by Crippen LogP contribution is 2.66. The highest BCUT2D eigenvalue weighted by Gasteiger charge is 2.62. The summed E-state index contributed by atoms with van der Waals surface area (Å²) in [5.41, 5.74) is 8.90. The molecule has 7 heteroatoms. The molecule has 204 valence electrons. The Bertz CT molecular complexity index is 859. The molecular formula is C29H49N3O4. The first-order valence-corrected chi connectivity index (χ1v) is 14.6. The maximum atomic E-state index is 13.2. The lowest BCUT2D eigenvalue weighted by atomic mass is 9.48. The second-order valence-corrected chi connectivity index (χ2v) is 13.6. The molecule has 0 bridgehead atoms. The predicted molar refractivity (Wildman–Crippen MR) is 140 cm³/mol. The standard InChI is InChI=1S/C29H49N3O4/c1-7-19(16(2)3)26(34)25(33)17(4)21-8-9-22-20-15-36-27(35)24-14-18(31-32-30)10-12-29(24,6)23(20)11-13-28(21,22)5/h16-26,33-34H,7-15H2,1-6H3/t17-,18?,19-,20-,21+,22-,23-,24+,25-,26-,28+,29+/m0/s1. The van der Waals surface area contributed by atoms with Crippen LogP contribution in [0.3, 0.4) is 0 Å². The van der Waals surface area contributed by atoms with E-state index in [1.54, 1.807) is 0 Å². The first-order chi connectivity index (χ1) is 17.0. The summed E-state index contributed by atoms with van der Waals surface area (Å²) in [4.78, 5) is 16.2. The van der Waals surface area contributed by atoms with Crippen LogP contribution >= 0.6 is 0 Å². The summed E-state index contributed by atoms with van der Waals surface area (Å²) >= 11 is 0. The highest BCUT2D eigenvalue weighted by molar-refractivity contribution is 5.74. The van der Waals surface area contributed by atoms with E-state index >= 15 is 0 Å². The van der Waals surface area contributed by atoms with Crippen LogP contribution in [0.5, 0.6) is 0 Å². The number of fused-ring (bicyclic) bond motifs is 5. The zero-order valence-corrected chi connectivity index (χ0v) is 23.3. The van der Waals surface area contributed by atoms with Gasteiger partial charge in [0, 0.05) is 11.0 Å². The van der Waals surface area contributed by atoms with E-state index in [0.29, 0.717) is 42.6 Å². The molecular weight excluding hydrogens is 454 g/mol. The van der Waals surface area contributed by atoms with Gasteiger partial charge in [-0.2, -0.15) is 0 Å². The number of aliphatic hydroxyl groups excluding tert-OH is 2. The number of nitrogens with zero attached hydrogens (tertiary/aromatic N) is 3. The molecule has 1 heterocycles. The first-order valence-electron chi connectivity index (χ1n) is 14.6. The van der Waals surface area contributed by atoms with E-state index in [2.05, 4.69) is 51.6 Å². The highest BCUT2D eigenvalue weighted by atomic mass is 16.5. The number of hydrogen-bond donors (Lipinski definition) is 2. The summed E-state index contributed by atoms with van der Waals surface area (Å²) < 4.78 is 5.98. The van der Waals surface area contributed by atoms with Gasteiger partial charge in [0.2, 0.25) is 0 Å². The minimum atomic E-state index is -0.722. The van der Waals surface area contributed by atoms with Crippen LogP contribution in [0.1, 0.15) is 92.9 Å². The van der Waals surface area contributed by atoms with Gasteiger partial charge in [-0.25, -0.2) is 0 Å². The Balaban J connectivity index is 1.55. The van der Waals surface area contributed by atoms with E-state index in [1.165, 1.54) is 0 Å². The minimum Gasteiger partial charge on any atom is -0.465 e. The van der Waals surface area contributed by atoms with Crippen LogP contribution in [-0.2, 0) is 9.53 Å². The molecule has 4 rings (SSSR count). The Labute approximate surface area is 217 Å². The molecule has 12 atom stereocenters. The summed E-state index contributed by atoms with van der Waals surface area (Å²) in [7, 11) is 0. The van der Waals surface area contributed by atoms with Gasteiger partial charge >= 0.3 is 5.97 Å². The molecule has 3 aliphatic carbocycles. The Hall–Kier alpha value is -1.30. The number of rotatable bonds is 7. The molecule has 4 fully saturated rings. The smallest absolute Gasteiger partial charge is 0.309 e. The second-order valence-electron chi connectivity index (χ2n) is 13.6. The monoisotopic (exact) mass is 503 g/mol. The number of azide groups is 1. The van der Waals surface area contributed by atoms with E-state index in [4.69, 9.17) is 10.3 Å². The van der Waals surface area contributed by atoms with Crippen molar-refractivity contribution in [2.75, 3.05) is 6.61 Å². The lowest BCUT2D eigenvalue weighted by Gasteiger charge is -2.55. The largest absolute Gasteiger partial charge is 0.465 e. The number of aliphatic hydroxyl groups is 2. The van der Waals surface area contributed by atoms with E-state index in [-0.39, 0.29) is 40.6 Å². The fourth-order valence-corrected chi connectivity index (χ4v) is 9.73. The molecule has 36 heavy (non-hydrogen) atoms. The molecule has 7 nitrogen and oxygen atoms in total. The van der Waals surface area contributed by atoms with Crippen LogP contribution < -0.4 is 0 Å². The number of hydrogen-bond acceptors (Lipinski definition) is 5. The van der Waals surface area contributed by atoms with Gasteiger partial charge < -0.3 is 14.9 Å². The van der Waals surface area contributed by atoms with Crippen molar-refractivity contribution in [1.29, 1.82) is 0 Å². The summed E-state index contributed by atoms with van der Waals surface area (Å²) in [6.07, 6.45) is 6.09. The van der Waals surface area contributed by atoms with E-state index in [1.807, 2.05) is 0 Å². The van der Waals surface area contributed by atoms with Crippen molar-refractivity contribution >= 4 is 5.97 Å². The van der Waals surface area contributed by atoms with Gasteiger partial charge in [0.1, 0.15) is 0 Å². The van der Waals surface area contributed by atoms with Crippen molar-refractivity contribution in [3.05, 3.63) is 10.4 Å². The van der Waals surface area contributed by atoms with Crippen molar-refractivity contribution < 1.29 is 19.7 Å². The van der Waals surface area contributed by atoms with Crippen molar-refractivity contribution in [3.63, 3.8) is 0 Å². The maximum Gasteiger partial charge on any atom is 0.309 e. The molecule has 0 spiro atoms. The average Bonchev–Trinajstić information content (AvgIpc) is 3.14. The van der Waals surface area contributed by atoms with Crippen LogP contribution in [0.2, 0.25) is 0 Å². The molecule has 3 saturated carbocycles. The van der Waals surface area contributed by atoms with Gasteiger partial charge in [-0.1, -0.05) is 53.1 Å². The van der Waals surface area contributed by atoms with Crippen LogP contribution in [0, 0.1) is 58.2 Å². The van der Waals surface area contributed by atoms with Gasteiger partial charge in [0.15, 0.2) is 0 Å². The second kappa shape index (κ2) is 10.5. The van der Waals surface area contributed by atoms with E-state index in [9.17, 15) is 15.0 Å². The molecule has 4 aliphatic rings. The lowest BCUT2D eigenvalue weighted by molar-refractivity contribution is -0.153. The van der Waals surface area contributed by atoms with Crippen molar-refractivity contribution in [2.45, 2.75) is 111 Å². The predicted octanol–water partition coefficient (Wildman–Crippen LogP) is 6.13. The first kappa shape index (κ1) is 27.7. The molecule has 0 amide bonds. The van der Waals surface area contributed by atoms with Crippen LogP contribution in [-0.4, -0.2) is 41.0 Å². The Morgan fingerprint density at radius 2 is 1.72 bits per heavy atom. The normalized spacial score (nSPS) is 43.6. The lowest BCUT2D eigenvalue weighted by Crippen LogP contribution is -2.52. The zero-order valence-electron chi connectivity index (χ0n) is 23.3. The number of esters is 1. The molecule has 1 saturated heterocycles. The average molecular weight is 504 g/mol. The van der Waals surface area contributed by atoms with Crippen molar-refractivity contribution in [1.82, 2.24) is 0 Å². The fourth-order valence-electron chi connectivity index (χ4n) is 9.73. The van der Waals surface area contributed by atoms with Crippen molar-refractivity contribution in [3.8, 4) is 0 Å². The fraction of sp³-hybridized carbons (Fsp3) is 0.966.